The zero-order valence-corrected chi connectivity index (χ0v) is 10.4. The predicted octanol–water partition coefficient (Wildman–Crippen LogP) is 1.49. The molecule has 0 spiro atoms. The number of hydrogen-bond donors (Lipinski definition) is 1. The predicted molar refractivity (Wildman–Crippen MR) is 68.8 cm³/mol. The van der Waals surface area contributed by atoms with E-state index in [2.05, 4.69) is 11.0 Å². The number of rotatable bonds is 6. The van der Waals surface area contributed by atoms with Gasteiger partial charge in [0, 0.05) is 33.9 Å². The fraction of sp³-hybridized carbons (Fsp3) is 0.462. The molecule has 4 heteroatoms. The SMILES string of the molecule is COCCCN(C)c1ccc(CN)cc1C#N. The lowest BCUT2D eigenvalue weighted by Gasteiger charge is -2.20. The van der Waals surface area contributed by atoms with Crippen LogP contribution in [0.15, 0.2) is 18.2 Å². The largest absolute Gasteiger partial charge is 0.385 e. The lowest BCUT2D eigenvalue weighted by molar-refractivity contribution is 0.196. The molecule has 0 saturated carbocycles. The fourth-order valence-corrected chi connectivity index (χ4v) is 1.70. The Balaban J connectivity index is 2.79. The van der Waals surface area contributed by atoms with Crippen LogP contribution in [0, 0.1) is 11.3 Å². The second-order valence-corrected chi connectivity index (χ2v) is 3.94. The molecule has 92 valence electrons. The van der Waals surface area contributed by atoms with E-state index in [1.165, 1.54) is 0 Å². The molecular weight excluding hydrogens is 214 g/mol. The van der Waals surface area contributed by atoms with Crippen molar-refractivity contribution in [1.82, 2.24) is 0 Å². The quantitative estimate of drug-likeness (QED) is 0.756. The van der Waals surface area contributed by atoms with Crippen molar-refractivity contribution in [3.63, 3.8) is 0 Å². The van der Waals surface area contributed by atoms with Crippen LogP contribution >= 0.6 is 0 Å². The number of methoxy groups -OCH3 is 1. The Hall–Kier alpha value is -1.57. The third-order valence-corrected chi connectivity index (χ3v) is 2.67. The second kappa shape index (κ2) is 6.89. The van der Waals surface area contributed by atoms with E-state index in [1.807, 2.05) is 25.2 Å². The molecular formula is C13H19N3O. The summed E-state index contributed by atoms with van der Waals surface area (Å²) in [6.07, 6.45) is 0.941. The van der Waals surface area contributed by atoms with Crippen LogP contribution in [0.4, 0.5) is 5.69 Å². The molecule has 4 nitrogen and oxygen atoms in total. The molecule has 0 fully saturated rings. The highest BCUT2D eigenvalue weighted by Crippen LogP contribution is 2.20. The van der Waals surface area contributed by atoms with Crippen molar-refractivity contribution < 1.29 is 4.74 Å². The highest BCUT2D eigenvalue weighted by molar-refractivity contribution is 5.60. The second-order valence-electron chi connectivity index (χ2n) is 3.94. The van der Waals surface area contributed by atoms with E-state index in [0.717, 1.165) is 30.8 Å². The number of ether oxygens (including phenoxy) is 1. The summed E-state index contributed by atoms with van der Waals surface area (Å²) >= 11 is 0. The van der Waals surface area contributed by atoms with Crippen molar-refractivity contribution >= 4 is 5.69 Å². The summed E-state index contributed by atoms with van der Waals surface area (Å²) in [4.78, 5) is 2.07. The maximum atomic E-state index is 9.12. The molecule has 0 aliphatic heterocycles. The summed E-state index contributed by atoms with van der Waals surface area (Å²) in [7, 11) is 3.67. The van der Waals surface area contributed by atoms with E-state index >= 15 is 0 Å². The smallest absolute Gasteiger partial charge is 0.101 e. The van der Waals surface area contributed by atoms with Crippen molar-refractivity contribution in [2.24, 2.45) is 5.73 Å². The molecule has 0 bridgehead atoms. The van der Waals surface area contributed by atoms with Gasteiger partial charge in [-0.3, -0.25) is 0 Å². The molecule has 1 aromatic carbocycles. The number of anilines is 1. The molecule has 2 N–H and O–H groups in total. The van der Waals surface area contributed by atoms with Crippen LogP contribution < -0.4 is 10.6 Å². The van der Waals surface area contributed by atoms with E-state index in [4.69, 9.17) is 15.7 Å². The van der Waals surface area contributed by atoms with E-state index in [0.29, 0.717) is 12.1 Å². The maximum absolute atomic E-state index is 9.12. The Morgan fingerprint density at radius 3 is 2.82 bits per heavy atom. The Bertz CT molecular complexity index is 398. The number of hydrogen-bond acceptors (Lipinski definition) is 4. The van der Waals surface area contributed by atoms with Crippen molar-refractivity contribution in [2.75, 3.05) is 32.2 Å². The minimum atomic E-state index is 0.461. The first-order chi connectivity index (χ1) is 8.22. The lowest BCUT2D eigenvalue weighted by atomic mass is 10.1. The topological polar surface area (TPSA) is 62.3 Å². The summed E-state index contributed by atoms with van der Waals surface area (Å²) in [6, 6.07) is 7.98. The van der Waals surface area contributed by atoms with Gasteiger partial charge >= 0.3 is 0 Å². The minimum absolute atomic E-state index is 0.461. The van der Waals surface area contributed by atoms with Gasteiger partial charge in [0.2, 0.25) is 0 Å². The van der Waals surface area contributed by atoms with Crippen LogP contribution in [0.1, 0.15) is 17.5 Å². The molecule has 17 heavy (non-hydrogen) atoms. The molecule has 0 heterocycles. The van der Waals surface area contributed by atoms with Gasteiger partial charge in [0.15, 0.2) is 0 Å². The summed E-state index contributed by atoms with van der Waals surface area (Å²) in [6.45, 7) is 2.06. The Morgan fingerprint density at radius 1 is 1.47 bits per heavy atom. The van der Waals surface area contributed by atoms with Gasteiger partial charge in [-0.1, -0.05) is 6.07 Å². The fourth-order valence-electron chi connectivity index (χ4n) is 1.70. The number of nitriles is 1. The zero-order chi connectivity index (χ0) is 12.7. The van der Waals surface area contributed by atoms with Gasteiger partial charge in [-0.25, -0.2) is 0 Å². The van der Waals surface area contributed by atoms with Gasteiger partial charge in [-0.15, -0.1) is 0 Å². The van der Waals surface area contributed by atoms with E-state index in [-0.39, 0.29) is 0 Å². The van der Waals surface area contributed by atoms with Gasteiger partial charge in [-0.05, 0) is 24.1 Å². The van der Waals surface area contributed by atoms with Gasteiger partial charge in [0.1, 0.15) is 6.07 Å². The standard InChI is InChI=1S/C13H19N3O/c1-16(6-3-7-17-2)13-5-4-11(9-14)8-12(13)10-15/h4-5,8H,3,6-7,9,14H2,1-2H3. The average molecular weight is 233 g/mol. The molecule has 1 rings (SSSR count). The van der Waals surface area contributed by atoms with Crippen molar-refractivity contribution in [3.05, 3.63) is 29.3 Å². The first-order valence-corrected chi connectivity index (χ1v) is 5.66. The molecule has 0 aliphatic carbocycles. The van der Waals surface area contributed by atoms with Crippen LogP contribution in [0.3, 0.4) is 0 Å². The number of nitrogens with zero attached hydrogens (tertiary/aromatic N) is 2. The lowest BCUT2D eigenvalue weighted by Crippen LogP contribution is -2.20. The molecule has 1 aromatic rings. The van der Waals surface area contributed by atoms with Crippen LogP contribution in [0.25, 0.3) is 0 Å². The molecule has 0 aromatic heterocycles. The Labute approximate surface area is 103 Å². The van der Waals surface area contributed by atoms with Crippen molar-refractivity contribution in [1.29, 1.82) is 5.26 Å². The van der Waals surface area contributed by atoms with E-state index in [9.17, 15) is 0 Å². The van der Waals surface area contributed by atoms with Gasteiger partial charge < -0.3 is 15.4 Å². The normalized spacial score (nSPS) is 10.0. The first-order valence-electron chi connectivity index (χ1n) is 5.66. The van der Waals surface area contributed by atoms with Crippen LogP contribution in [0.5, 0.6) is 0 Å². The first kappa shape index (κ1) is 13.5. The molecule has 0 saturated heterocycles. The molecule has 0 unspecified atom stereocenters. The summed E-state index contributed by atoms with van der Waals surface area (Å²) in [5, 5.41) is 9.12. The summed E-state index contributed by atoms with van der Waals surface area (Å²) in [5.41, 5.74) is 8.16. The third-order valence-electron chi connectivity index (χ3n) is 2.67. The average Bonchev–Trinajstić information content (AvgIpc) is 2.38. The van der Waals surface area contributed by atoms with E-state index in [1.54, 1.807) is 7.11 Å². The van der Waals surface area contributed by atoms with Crippen LogP contribution in [-0.2, 0) is 11.3 Å². The molecule has 0 atom stereocenters. The number of nitrogens with two attached hydrogens (primary N) is 1. The maximum Gasteiger partial charge on any atom is 0.101 e. The minimum Gasteiger partial charge on any atom is -0.385 e. The van der Waals surface area contributed by atoms with Crippen molar-refractivity contribution in [3.8, 4) is 6.07 Å². The molecule has 0 radical (unpaired) electrons. The molecule has 0 amide bonds. The Morgan fingerprint density at radius 2 is 2.24 bits per heavy atom. The monoisotopic (exact) mass is 233 g/mol. The van der Waals surface area contributed by atoms with Crippen LogP contribution in [0.2, 0.25) is 0 Å². The summed E-state index contributed by atoms with van der Waals surface area (Å²) in [5.74, 6) is 0. The Kier molecular flexibility index (Phi) is 5.47. The highest BCUT2D eigenvalue weighted by Gasteiger charge is 2.07. The third kappa shape index (κ3) is 3.74. The van der Waals surface area contributed by atoms with Gasteiger partial charge in [0.05, 0.1) is 11.3 Å². The van der Waals surface area contributed by atoms with Crippen LogP contribution in [-0.4, -0.2) is 27.3 Å². The molecule has 0 aliphatic rings. The highest BCUT2D eigenvalue weighted by atomic mass is 16.5. The van der Waals surface area contributed by atoms with E-state index < -0.39 is 0 Å². The zero-order valence-electron chi connectivity index (χ0n) is 10.4. The van der Waals surface area contributed by atoms with Gasteiger partial charge in [-0.2, -0.15) is 5.26 Å². The van der Waals surface area contributed by atoms with Crippen molar-refractivity contribution in [2.45, 2.75) is 13.0 Å². The number of benzene rings is 1. The summed E-state index contributed by atoms with van der Waals surface area (Å²) < 4.78 is 5.01. The van der Waals surface area contributed by atoms with Gasteiger partial charge in [0.25, 0.3) is 0 Å².